The molecule has 0 bridgehead atoms. The van der Waals surface area contributed by atoms with Crippen molar-refractivity contribution < 1.29 is 0 Å². The Hall–Kier alpha value is -2.39. The molecule has 0 amide bonds. The first-order valence-electron chi connectivity index (χ1n) is 4.49. The average Bonchev–Trinajstić information content (AvgIpc) is 2.30. The van der Waals surface area contributed by atoms with Crippen molar-refractivity contribution in [1.82, 2.24) is 4.98 Å². The smallest absolute Gasteiger partial charge is 0.158 e. The summed E-state index contributed by atoms with van der Waals surface area (Å²) < 4.78 is 0. The number of benzene rings is 1. The van der Waals surface area contributed by atoms with Gasteiger partial charge < -0.3 is 0 Å². The van der Waals surface area contributed by atoms with E-state index in [9.17, 15) is 0 Å². The number of rotatable bonds is 1. The molecule has 0 N–H and O–H groups in total. The minimum absolute atomic E-state index is 0.699. The lowest BCUT2D eigenvalue weighted by atomic mass is 10.0. The van der Waals surface area contributed by atoms with Gasteiger partial charge in [-0.05, 0) is 23.8 Å². The fourth-order valence-electron chi connectivity index (χ4n) is 1.45. The monoisotopic (exact) mass is 193 g/mol. The van der Waals surface area contributed by atoms with Crippen molar-refractivity contribution in [3.8, 4) is 12.1 Å². The van der Waals surface area contributed by atoms with E-state index in [4.69, 9.17) is 10.5 Å². The zero-order chi connectivity index (χ0) is 10.7. The largest absolute Gasteiger partial charge is 0.256 e. The van der Waals surface area contributed by atoms with E-state index in [2.05, 4.69) is 4.98 Å². The summed E-state index contributed by atoms with van der Waals surface area (Å²) in [7, 11) is 0. The molecule has 15 heavy (non-hydrogen) atoms. The van der Waals surface area contributed by atoms with Crippen LogP contribution in [0.2, 0.25) is 0 Å². The van der Waals surface area contributed by atoms with E-state index in [0.717, 1.165) is 16.5 Å². The highest BCUT2D eigenvalue weighted by Gasteiger charge is 2.08. The molecule has 3 heteroatoms. The number of aromatic nitrogens is 1. The van der Waals surface area contributed by atoms with Gasteiger partial charge in [-0.15, -0.1) is 0 Å². The molecule has 0 aliphatic carbocycles. The van der Waals surface area contributed by atoms with E-state index in [1.54, 1.807) is 12.3 Å². The SMILES string of the molecule is N#CC(C#N)c1ccc2ncccc2c1. The Labute approximate surface area is 87.2 Å². The van der Waals surface area contributed by atoms with Crippen LogP contribution in [0.4, 0.5) is 0 Å². The van der Waals surface area contributed by atoms with Gasteiger partial charge in [0.05, 0.1) is 17.7 Å². The molecule has 0 spiro atoms. The van der Waals surface area contributed by atoms with Gasteiger partial charge in [0.15, 0.2) is 5.92 Å². The third-order valence-electron chi connectivity index (χ3n) is 2.22. The number of nitriles is 2. The summed E-state index contributed by atoms with van der Waals surface area (Å²) in [6, 6.07) is 13.1. The van der Waals surface area contributed by atoms with Crippen LogP contribution < -0.4 is 0 Å². The Morgan fingerprint density at radius 1 is 1.13 bits per heavy atom. The molecule has 0 radical (unpaired) electrons. The van der Waals surface area contributed by atoms with Crippen LogP contribution in [-0.2, 0) is 0 Å². The van der Waals surface area contributed by atoms with Crippen LogP contribution in [0.5, 0.6) is 0 Å². The van der Waals surface area contributed by atoms with E-state index in [1.807, 2.05) is 36.4 Å². The highest BCUT2D eigenvalue weighted by atomic mass is 14.6. The normalized spacial score (nSPS) is 9.80. The highest BCUT2D eigenvalue weighted by molar-refractivity contribution is 5.79. The van der Waals surface area contributed by atoms with Gasteiger partial charge in [-0.25, -0.2) is 0 Å². The fourth-order valence-corrected chi connectivity index (χ4v) is 1.45. The molecule has 0 aliphatic rings. The van der Waals surface area contributed by atoms with Gasteiger partial charge in [0.1, 0.15) is 0 Å². The second-order valence-electron chi connectivity index (χ2n) is 3.15. The Bertz CT molecular complexity index is 561. The predicted molar refractivity (Wildman–Crippen MR) is 55.7 cm³/mol. The Balaban J connectivity index is 2.58. The molecular weight excluding hydrogens is 186 g/mol. The van der Waals surface area contributed by atoms with Crippen LogP contribution in [0.15, 0.2) is 36.5 Å². The van der Waals surface area contributed by atoms with E-state index < -0.39 is 5.92 Å². The molecule has 2 rings (SSSR count). The molecule has 0 saturated heterocycles. The van der Waals surface area contributed by atoms with Crippen molar-refractivity contribution in [2.45, 2.75) is 5.92 Å². The highest BCUT2D eigenvalue weighted by Crippen LogP contribution is 2.19. The molecule has 0 unspecified atom stereocenters. The molecule has 3 nitrogen and oxygen atoms in total. The van der Waals surface area contributed by atoms with Crippen molar-refractivity contribution in [3.05, 3.63) is 42.1 Å². The number of hydrogen-bond acceptors (Lipinski definition) is 3. The summed E-state index contributed by atoms with van der Waals surface area (Å²) in [5, 5.41) is 18.5. The third kappa shape index (κ3) is 1.63. The summed E-state index contributed by atoms with van der Waals surface area (Å²) in [5.41, 5.74) is 1.59. The van der Waals surface area contributed by atoms with Gasteiger partial charge in [-0.1, -0.05) is 12.1 Å². The molecule has 0 aliphatic heterocycles. The maximum atomic E-state index is 8.76. The second kappa shape index (κ2) is 3.77. The number of hydrogen-bond donors (Lipinski definition) is 0. The lowest BCUT2D eigenvalue weighted by Crippen LogP contribution is -1.91. The molecule has 70 valence electrons. The molecule has 2 aromatic rings. The van der Waals surface area contributed by atoms with Gasteiger partial charge in [0.2, 0.25) is 0 Å². The maximum Gasteiger partial charge on any atom is 0.158 e. The van der Waals surface area contributed by atoms with Crippen LogP contribution in [0.1, 0.15) is 11.5 Å². The molecule has 1 aromatic heterocycles. The van der Waals surface area contributed by atoms with Gasteiger partial charge in [0.25, 0.3) is 0 Å². The lowest BCUT2D eigenvalue weighted by molar-refractivity contribution is 1.11. The predicted octanol–water partition coefficient (Wildman–Crippen LogP) is 2.37. The van der Waals surface area contributed by atoms with Gasteiger partial charge in [0, 0.05) is 11.6 Å². The van der Waals surface area contributed by atoms with Crippen LogP contribution in [0.25, 0.3) is 10.9 Å². The molecule has 1 aromatic carbocycles. The van der Waals surface area contributed by atoms with E-state index in [-0.39, 0.29) is 0 Å². The van der Waals surface area contributed by atoms with Crippen molar-refractivity contribution in [2.24, 2.45) is 0 Å². The van der Waals surface area contributed by atoms with Gasteiger partial charge in [-0.3, -0.25) is 4.98 Å². The molecule has 0 saturated carbocycles. The summed E-state index contributed by atoms with van der Waals surface area (Å²) in [6.45, 7) is 0. The first-order chi connectivity index (χ1) is 7.35. The summed E-state index contributed by atoms with van der Waals surface area (Å²) in [6.07, 6.45) is 1.72. The quantitative estimate of drug-likeness (QED) is 0.698. The van der Waals surface area contributed by atoms with Crippen LogP contribution in [0.3, 0.4) is 0 Å². The zero-order valence-electron chi connectivity index (χ0n) is 7.88. The number of pyridine rings is 1. The van der Waals surface area contributed by atoms with Crippen LogP contribution >= 0.6 is 0 Å². The Morgan fingerprint density at radius 3 is 2.67 bits per heavy atom. The minimum Gasteiger partial charge on any atom is -0.256 e. The number of fused-ring (bicyclic) bond motifs is 1. The van der Waals surface area contributed by atoms with Crippen LogP contribution in [-0.4, -0.2) is 4.98 Å². The van der Waals surface area contributed by atoms with E-state index in [0.29, 0.717) is 0 Å². The minimum atomic E-state index is -0.699. The first kappa shape index (κ1) is 9.18. The Kier molecular flexibility index (Phi) is 2.31. The number of nitrogens with zero attached hydrogens (tertiary/aromatic N) is 3. The van der Waals surface area contributed by atoms with Crippen LogP contribution in [0, 0.1) is 22.7 Å². The lowest BCUT2D eigenvalue weighted by Gasteiger charge is -2.02. The first-order valence-corrected chi connectivity index (χ1v) is 4.49. The molecule has 0 atom stereocenters. The molecule has 1 heterocycles. The maximum absolute atomic E-state index is 8.76. The third-order valence-corrected chi connectivity index (χ3v) is 2.22. The topological polar surface area (TPSA) is 60.5 Å². The Morgan fingerprint density at radius 2 is 1.93 bits per heavy atom. The van der Waals surface area contributed by atoms with Gasteiger partial charge >= 0.3 is 0 Å². The second-order valence-corrected chi connectivity index (χ2v) is 3.15. The van der Waals surface area contributed by atoms with Gasteiger partial charge in [-0.2, -0.15) is 10.5 Å². The van der Waals surface area contributed by atoms with Crippen molar-refractivity contribution in [3.63, 3.8) is 0 Å². The van der Waals surface area contributed by atoms with E-state index in [1.165, 1.54) is 0 Å². The molecule has 0 fully saturated rings. The molecular formula is C12H7N3. The van der Waals surface area contributed by atoms with Crippen molar-refractivity contribution in [2.75, 3.05) is 0 Å². The van der Waals surface area contributed by atoms with Crippen molar-refractivity contribution >= 4 is 10.9 Å². The summed E-state index contributed by atoms with van der Waals surface area (Å²) in [5.74, 6) is -0.699. The fraction of sp³-hybridized carbons (Fsp3) is 0.0833. The average molecular weight is 193 g/mol. The standard InChI is InChI=1S/C12H7N3/c13-7-11(8-14)9-3-4-12-10(6-9)2-1-5-15-12/h1-6,11H. The summed E-state index contributed by atoms with van der Waals surface area (Å²) >= 11 is 0. The van der Waals surface area contributed by atoms with Crippen molar-refractivity contribution in [1.29, 1.82) is 10.5 Å². The van der Waals surface area contributed by atoms with E-state index >= 15 is 0 Å². The summed E-state index contributed by atoms with van der Waals surface area (Å²) in [4.78, 5) is 4.17. The zero-order valence-corrected chi connectivity index (χ0v) is 7.88.